The van der Waals surface area contributed by atoms with Gasteiger partial charge in [0, 0.05) is 25.1 Å². The molecule has 0 aliphatic carbocycles. The molecule has 0 bridgehead atoms. The van der Waals surface area contributed by atoms with E-state index in [2.05, 4.69) is 5.32 Å². The first-order chi connectivity index (χ1) is 13.8. The number of rotatable bonds is 10. The molecule has 0 fully saturated rings. The highest BCUT2D eigenvalue weighted by atomic mass is 32.2. The highest BCUT2D eigenvalue weighted by Crippen LogP contribution is 2.29. The molecule has 0 saturated heterocycles. The molecule has 158 valence electrons. The highest BCUT2D eigenvalue weighted by Gasteiger charge is 2.18. The molecular formula is C20H26N2O6S. The minimum absolute atomic E-state index is 0.144. The van der Waals surface area contributed by atoms with Gasteiger partial charge in [-0.1, -0.05) is 6.07 Å². The summed E-state index contributed by atoms with van der Waals surface area (Å²) in [5.74, 6) is 1.40. The van der Waals surface area contributed by atoms with E-state index in [4.69, 9.17) is 14.2 Å². The Morgan fingerprint density at radius 2 is 1.69 bits per heavy atom. The maximum absolute atomic E-state index is 12.3. The molecule has 0 spiro atoms. The van der Waals surface area contributed by atoms with Gasteiger partial charge in [-0.2, -0.15) is 0 Å². The molecule has 0 saturated carbocycles. The van der Waals surface area contributed by atoms with E-state index >= 15 is 0 Å². The van der Waals surface area contributed by atoms with E-state index in [0.717, 1.165) is 6.26 Å². The van der Waals surface area contributed by atoms with Crippen LogP contribution in [0.3, 0.4) is 0 Å². The van der Waals surface area contributed by atoms with Gasteiger partial charge in [-0.15, -0.1) is 0 Å². The summed E-state index contributed by atoms with van der Waals surface area (Å²) in [6.07, 6.45) is 1.62. The third-order valence-electron chi connectivity index (χ3n) is 4.19. The van der Waals surface area contributed by atoms with E-state index < -0.39 is 10.0 Å². The van der Waals surface area contributed by atoms with Crippen molar-refractivity contribution in [3.63, 3.8) is 0 Å². The number of nitrogens with zero attached hydrogens (tertiary/aromatic N) is 1. The summed E-state index contributed by atoms with van der Waals surface area (Å²) in [7, 11) is 1.06. The van der Waals surface area contributed by atoms with E-state index in [-0.39, 0.29) is 18.9 Å². The van der Waals surface area contributed by atoms with Gasteiger partial charge < -0.3 is 19.5 Å². The second kappa shape index (κ2) is 10.0. The Hall–Kier alpha value is -2.94. The molecule has 1 amide bonds. The number of benzene rings is 2. The Kier molecular flexibility index (Phi) is 7.72. The van der Waals surface area contributed by atoms with Crippen LogP contribution in [-0.4, -0.2) is 48.5 Å². The summed E-state index contributed by atoms with van der Waals surface area (Å²) in [5.41, 5.74) is 1.01. The summed E-state index contributed by atoms with van der Waals surface area (Å²) in [4.78, 5) is 12.3. The van der Waals surface area contributed by atoms with Crippen LogP contribution in [0.1, 0.15) is 12.8 Å². The van der Waals surface area contributed by atoms with Crippen molar-refractivity contribution in [1.82, 2.24) is 0 Å². The molecule has 2 aromatic carbocycles. The van der Waals surface area contributed by atoms with Gasteiger partial charge in [-0.3, -0.25) is 9.10 Å². The number of hydrogen-bond acceptors (Lipinski definition) is 6. The molecule has 0 heterocycles. The Labute approximate surface area is 171 Å². The lowest BCUT2D eigenvalue weighted by Gasteiger charge is -2.22. The van der Waals surface area contributed by atoms with Crippen molar-refractivity contribution < 1.29 is 27.4 Å². The number of anilines is 2. The van der Waals surface area contributed by atoms with Crippen molar-refractivity contribution in [3.8, 4) is 17.2 Å². The lowest BCUT2D eigenvalue weighted by Crippen LogP contribution is -2.31. The molecule has 2 aromatic rings. The summed E-state index contributed by atoms with van der Waals surface area (Å²) < 4.78 is 41.2. The van der Waals surface area contributed by atoms with Crippen LogP contribution in [0.15, 0.2) is 42.5 Å². The minimum atomic E-state index is -3.51. The second-order valence-corrected chi connectivity index (χ2v) is 8.16. The number of hydrogen-bond donors (Lipinski definition) is 1. The summed E-state index contributed by atoms with van der Waals surface area (Å²) in [5, 5.41) is 2.78. The van der Waals surface area contributed by atoms with E-state index in [0.29, 0.717) is 35.0 Å². The zero-order chi connectivity index (χ0) is 21.4. The molecule has 8 nitrogen and oxygen atoms in total. The zero-order valence-electron chi connectivity index (χ0n) is 17.0. The predicted molar refractivity (Wildman–Crippen MR) is 113 cm³/mol. The van der Waals surface area contributed by atoms with Crippen molar-refractivity contribution in [3.05, 3.63) is 42.5 Å². The number of carbonyl (C=O) groups excluding carboxylic acids is 1. The van der Waals surface area contributed by atoms with Crippen molar-refractivity contribution in [2.75, 3.05) is 43.8 Å². The Morgan fingerprint density at radius 3 is 2.31 bits per heavy atom. The number of amides is 1. The smallest absolute Gasteiger partial charge is 0.232 e. The van der Waals surface area contributed by atoms with Crippen LogP contribution < -0.4 is 23.8 Å². The van der Waals surface area contributed by atoms with Crippen LogP contribution in [0.25, 0.3) is 0 Å². The maximum atomic E-state index is 12.3. The van der Waals surface area contributed by atoms with Crippen molar-refractivity contribution in [2.45, 2.75) is 12.8 Å². The standard InChI is InChI=1S/C20H26N2O6S/c1-26-16-8-5-7-15(13-16)22(29(4,24)25)12-6-9-20(23)21-18-11-10-17(27-2)14-19(18)28-3/h5,7-8,10-11,13-14H,6,9,12H2,1-4H3,(H,21,23). The molecule has 2 rings (SSSR count). The summed E-state index contributed by atoms with van der Waals surface area (Å²) >= 11 is 0. The lowest BCUT2D eigenvalue weighted by atomic mass is 10.2. The molecular weight excluding hydrogens is 396 g/mol. The van der Waals surface area contributed by atoms with Crippen molar-refractivity contribution in [2.24, 2.45) is 0 Å². The number of nitrogens with one attached hydrogen (secondary N) is 1. The van der Waals surface area contributed by atoms with Crippen LogP contribution >= 0.6 is 0 Å². The fraction of sp³-hybridized carbons (Fsp3) is 0.350. The van der Waals surface area contributed by atoms with Gasteiger partial charge in [-0.05, 0) is 30.7 Å². The first-order valence-electron chi connectivity index (χ1n) is 8.92. The van der Waals surface area contributed by atoms with Gasteiger partial charge in [0.2, 0.25) is 15.9 Å². The van der Waals surface area contributed by atoms with E-state index in [9.17, 15) is 13.2 Å². The van der Waals surface area contributed by atoms with Crippen LogP contribution in [0.4, 0.5) is 11.4 Å². The van der Waals surface area contributed by atoms with E-state index in [1.54, 1.807) is 49.6 Å². The van der Waals surface area contributed by atoms with Crippen LogP contribution in [0.2, 0.25) is 0 Å². The zero-order valence-corrected chi connectivity index (χ0v) is 17.8. The number of sulfonamides is 1. The van der Waals surface area contributed by atoms with Gasteiger partial charge in [0.1, 0.15) is 17.2 Å². The van der Waals surface area contributed by atoms with E-state index in [1.807, 2.05) is 0 Å². The molecule has 0 unspecified atom stereocenters. The molecule has 0 aliphatic heterocycles. The van der Waals surface area contributed by atoms with Crippen LogP contribution in [0, 0.1) is 0 Å². The number of ether oxygens (including phenoxy) is 3. The summed E-state index contributed by atoms with van der Waals surface area (Å²) in [6.45, 7) is 0.166. The topological polar surface area (TPSA) is 94.2 Å². The number of carbonyl (C=O) groups is 1. The van der Waals surface area contributed by atoms with Gasteiger partial charge >= 0.3 is 0 Å². The second-order valence-electron chi connectivity index (χ2n) is 6.25. The highest BCUT2D eigenvalue weighted by molar-refractivity contribution is 7.92. The fourth-order valence-corrected chi connectivity index (χ4v) is 3.71. The van der Waals surface area contributed by atoms with Crippen molar-refractivity contribution in [1.29, 1.82) is 0 Å². The molecule has 29 heavy (non-hydrogen) atoms. The van der Waals surface area contributed by atoms with Gasteiger partial charge in [0.05, 0.1) is 39.0 Å². The molecule has 0 aromatic heterocycles. The van der Waals surface area contributed by atoms with Crippen molar-refractivity contribution >= 4 is 27.3 Å². The minimum Gasteiger partial charge on any atom is -0.497 e. The first kappa shape index (κ1) is 22.4. The molecule has 0 radical (unpaired) electrons. The van der Waals surface area contributed by atoms with Gasteiger partial charge in [-0.25, -0.2) is 8.42 Å². The average molecular weight is 423 g/mol. The van der Waals surface area contributed by atoms with Crippen LogP contribution in [0.5, 0.6) is 17.2 Å². The van der Waals surface area contributed by atoms with Gasteiger partial charge in [0.25, 0.3) is 0 Å². The Morgan fingerprint density at radius 1 is 1.00 bits per heavy atom. The number of methoxy groups -OCH3 is 3. The van der Waals surface area contributed by atoms with Gasteiger partial charge in [0.15, 0.2) is 0 Å². The first-order valence-corrected chi connectivity index (χ1v) is 10.8. The Balaban J connectivity index is 2.01. The van der Waals surface area contributed by atoms with Crippen LogP contribution in [-0.2, 0) is 14.8 Å². The SMILES string of the molecule is COc1cccc(N(CCCC(=O)Nc2ccc(OC)cc2OC)S(C)(=O)=O)c1. The summed E-state index contributed by atoms with van der Waals surface area (Å²) in [6, 6.07) is 11.9. The molecule has 9 heteroatoms. The molecule has 1 N–H and O–H groups in total. The van der Waals surface area contributed by atoms with E-state index in [1.165, 1.54) is 18.5 Å². The molecule has 0 atom stereocenters. The average Bonchev–Trinajstić information content (AvgIpc) is 2.70. The predicted octanol–water partition coefficient (Wildman–Crippen LogP) is 2.90. The normalized spacial score (nSPS) is 10.9. The monoisotopic (exact) mass is 422 g/mol. The Bertz CT molecular complexity index is 946. The fourth-order valence-electron chi connectivity index (χ4n) is 2.75. The third-order valence-corrected chi connectivity index (χ3v) is 5.38. The lowest BCUT2D eigenvalue weighted by molar-refractivity contribution is -0.116. The molecule has 0 aliphatic rings. The largest absolute Gasteiger partial charge is 0.497 e. The third kappa shape index (κ3) is 6.28. The maximum Gasteiger partial charge on any atom is 0.232 e. The quantitative estimate of drug-likeness (QED) is 0.633.